The molecule has 2 heterocycles. The molecule has 0 saturated carbocycles. The van der Waals surface area contributed by atoms with Crippen LogP contribution in [0.4, 0.5) is 0 Å². The van der Waals surface area contributed by atoms with E-state index in [1.54, 1.807) is 19.1 Å². The first-order valence-electron chi connectivity index (χ1n) is 21.6. The number of ether oxygens (including phenoxy) is 2. The van der Waals surface area contributed by atoms with Crippen molar-refractivity contribution in [3.8, 4) is 22.3 Å². The molecule has 0 spiro atoms. The molecule has 6 N–H and O–H groups in total. The van der Waals surface area contributed by atoms with E-state index in [1.165, 1.54) is 10.0 Å². The highest BCUT2D eigenvalue weighted by Gasteiger charge is 2.25. The second-order valence-electron chi connectivity index (χ2n) is 15.2. The molecular formula is C48H52Cl2N6O12. The number of nitrogens with zero attached hydrogens (tertiary/aromatic N) is 2. The number of nitrogens with one attached hydrogen (secondary N) is 4. The van der Waals surface area contributed by atoms with Crippen molar-refractivity contribution < 1.29 is 47.9 Å². The Morgan fingerprint density at radius 2 is 1.04 bits per heavy atom. The van der Waals surface area contributed by atoms with Gasteiger partial charge < -0.3 is 28.7 Å². The Hall–Kier alpha value is -6.80. The van der Waals surface area contributed by atoms with Gasteiger partial charge in [-0.1, -0.05) is 122 Å². The summed E-state index contributed by atoms with van der Waals surface area (Å²) in [6.45, 7) is 3.90. The molecular weight excluding hydrogens is 923 g/mol. The maximum atomic E-state index is 12.5. The fraction of sp³-hybridized carbons (Fsp3) is 0.292. The highest BCUT2D eigenvalue weighted by molar-refractivity contribution is 6.31. The van der Waals surface area contributed by atoms with E-state index < -0.39 is 47.1 Å². The molecule has 0 unspecified atom stereocenters. The third kappa shape index (κ3) is 16.8. The molecule has 360 valence electrons. The molecule has 6 rings (SSSR count). The Balaban J connectivity index is 0.000000256. The number of esters is 2. The van der Waals surface area contributed by atoms with E-state index in [-0.39, 0.29) is 50.9 Å². The summed E-state index contributed by atoms with van der Waals surface area (Å²) in [6.07, 6.45) is 0.797. The summed E-state index contributed by atoms with van der Waals surface area (Å²) in [4.78, 5) is 71.6. The lowest BCUT2D eigenvalue weighted by molar-refractivity contribution is -0.155. The molecule has 6 aromatic rings. The first-order chi connectivity index (χ1) is 32.7. The summed E-state index contributed by atoms with van der Waals surface area (Å²) in [5, 5.41) is 28.6. The lowest BCUT2D eigenvalue weighted by Crippen LogP contribution is -2.47. The Bertz CT molecular complexity index is 2680. The number of aliphatic hydroxyl groups excluding tert-OH is 2. The third-order valence-electron chi connectivity index (χ3n) is 9.84. The van der Waals surface area contributed by atoms with Crippen molar-refractivity contribution in [1.82, 2.24) is 31.2 Å². The second kappa shape index (κ2) is 26.5. The van der Waals surface area contributed by atoms with Crippen molar-refractivity contribution in [2.24, 2.45) is 0 Å². The summed E-state index contributed by atoms with van der Waals surface area (Å²) in [5.74, 6) is -3.46. The van der Waals surface area contributed by atoms with Crippen molar-refractivity contribution in [3.63, 3.8) is 0 Å². The summed E-state index contributed by atoms with van der Waals surface area (Å²) in [6, 6.07) is 32.0. The molecule has 0 aliphatic carbocycles. The van der Waals surface area contributed by atoms with Gasteiger partial charge in [-0.05, 0) is 71.0 Å². The molecule has 20 heteroatoms. The van der Waals surface area contributed by atoms with Gasteiger partial charge in [0.25, 0.3) is 11.1 Å². The van der Waals surface area contributed by atoms with Crippen LogP contribution in [0, 0.1) is 0 Å². The van der Waals surface area contributed by atoms with Crippen LogP contribution in [0.15, 0.2) is 128 Å². The zero-order chi connectivity index (χ0) is 49.0. The van der Waals surface area contributed by atoms with Crippen molar-refractivity contribution in [2.45, 2.75) is 64.8 Å². The van der Waals surface area contributed by atoms with Crippen LogP contribution in [-0.4, -0.2) is 92.8 Å². The number of carbonyl (C=O) groups is 4. The van der Waals surface area contributed by atoms with Crippen LogP contribution in [0.5, 0.6) is 0 Å². The Labute approximate surface area is 400 Å². The van der Waals surface area contributed by atoms with E-state index in [0.717, 1.165) is 71.2 Å². The summed E-state index contributed by atoms with van der Waals surface area (Å²) in [5.41, 5.74) is 9.40. The van der Waals surface area contributed by atoms with Gasteiger partial charge in [0.15, 0.2) is 12.2 Å². The number of rotatable bonds is 22. The van der Waals surface area contributed by atoms with Crippen LogP contribution in [-0.2, 0) is 32.2 Å². The minimum atomic E-state index is -1.49. The summed E-state index contributed by atoms with van der Waals surface area (Å²) >= 11 is 12.1. The summed E-state index contributed by atoms with van der Waals surface area (Å²) < 4.78 is 19.6. The van der Waals surface area contributed by atoms with Gasteiger partial charge in [0.05, 0.1) is 38.4 Å². The van der Waals surface area contributed by atoms with Gasteiger partial charge >= 0.3 is 23.8 Å². The number of hydrogen-bond acceptors (Lipinski definition) is 14. The van der Waals surface area contributed by atoms with Gasteiger partial charge in [-0.2, -0.15) is 10.3 Å². The van der Waals surface area contributed by atoms with Gasteiger partial charge in [-0.3, -0.25) is 30.0 Å². The van der Waals surface area contributed by atoms with Gasteiger partial charge in [0.1, 0.15) is 0 Å². The van der Waals surface area contributed by atoms with Gasteiger partial charge in [0, 0.05) is 23.1 Å². The third-order valence-corrected chi connectivity index (χ3v) is 10.3. The molecule has 2 amide bonds. The van der Waals surface area contributed by atoms with E-state index in [1.807, 2.05) is 90.1 Å². The molecule has 2 aromatic heterocycles. The number of benzene rings is 4. The number of hydrogen-bond donors (Lipinski definition) is 6. The van der Waals surface area contributed by atoms with Crippen molar-refractivity contribution in [1.29, 1.82) is 0 Å². The maximum absolute atomic E-state index is 12.5. The highest BCUT2D eigenvalue weighted by atomic mass is 35.5. The smallest absolute Gasteiger partial charge is 0.336 e. The normalized spacial score (nSPS) is 11.9. The Kier molecular flexibility index (Phi) is 20.3. The van der Waals surface area contributed by atoms with Crippen molar-refractivity contribution in [3.05, 3.63) is 163 Å². The fourth-order valence-corrected chi connectivity index (χ4v) is 6.85. The van der Waals surface area contributed by atoms with E-state index in [2.05, 4.69) is 22.9 Å². The fourth-order valence-electron chi connectivity index (χ4n) is 6.47. The van der Waals surface area contributed by atoms with Crippen LogP contribution >= 0.6 is 23.2 Å². The predicted molar refractivity (Wildman–Crippen MR) is 252 cm³/mol. The molecule has 0 bridgehead atoms. The van der Waals surface area contributed by atoms with E-state index in [4.69, 9.17) is 41.7 Å². The minimum Gasteiger partial charge on any atom is -0.464 e. The average molecular weight is 976 g/mol. The number of amides is 2. The SMILES string of the molecule is CCCCCCOC(=O)[C@H](O)CN(Cc1ccc(-c2cccc(Cl)c2)cc1)NC(=O)c1cc(=O)[nH]o1.CCOC(=O)[C@H](O)CN(Cc1ccc(-c2cccc(Cl)c2)cc1)NC(=O)c1cc(=O)[nH]o1. The molecule has 0 aliphatic rings. The number of hydrazine groups is 2. The zero-order valence-corrected chi connectivity index (χ0v) is 38.8. The number of aromatic nitrogens is 2. The second-order valence-corrected chi connectivity index (χ2v) is 16.1. The van der Waals surface area contributed by atoms with E-state index >= 15 is 0 Å². The maximum Gasteiger partial charge on any atom is 0.336 e. The van der Waals surface area contributed by atoms with Crippen molar-refractivity contribution in [2.75, 3.05) is 26.3 Å². The standard InChI is InChI=1S/C26H30ClN3O6.C22H22ClN3O6/c1-2-3-4-5-13-35-26(34)22(31)17-30(28-25(33)23-15-24(32)29-36-23)16-18-9-11-19(12-10-18)20-7-6-8-21(27)14-20;1-2-31-22(30)18(27)13-26(24-21(29)19-11-20(28)25-32-19)12-14-6-8-15(9-7-14)16-4-3-5-17(23)10-16/h6-12,14-15,22,31H,2-5,13,16-17H2,1H3,(H,28,33)(H,29,32);3-11,18,27H,2,12-13H2,1H3,(H,24,29)(H,25,28)/t22-;18-/m11/s1. The van der Waals surface area contributed by atoms with Gasteiger partial charge in [-0.25, -0.2) is 19.6 Å². The Morgan fingerprint density at radius 3 is 1.43 bits per heavy atom. The molecule has 0 fully saturated rings. The molecule has 0 aliphatic heterocycles. The number of aromatic amines is 2. The van der Waals surface area contributed by atoms with Crippen LogP contribution in [0.25, 0.3) is 22.3 Å². The zero-order valence-electron chi connectivity index (χ0n) is 37.2. The van der Waals surface area contributed by atoms with Crippen LogP contribution < -0.4 is 22.0 Å². The predicted octanol–water partition coefficient (Wildman–Crippen LogP) is 6.28. The monoisotopic (exact) mass is 974 g/mol. The summed E-state index contributed by atoms with van der Waals surface area (Å²) in [7, 11) is 0. The number of unbranched alkanes of at least 4 members (excludes halogenated alkanes) is 3. The number of carbonyl (C=O) groups excluding carboxylic acids is 4. The molecule has 0 radical (unpaired) electrons. The molecule has 4 aromatic carbocycles. The van der Waals surface area contributed by atoms with Crippen molar-refractivity contribution >= 4 is 47.0 Å². The average Bonchev–Trinajstić information content (AvgIpc) is 3.97. The molecule has 0 saturated heterocycles. The van der Waals surface area contributed by atoms with Crippen LogP contribution in [0.3, 0.4) is 0 Å². The highest BCUT2D eigenvalue weighted by Crippen LogP contribution is 2.25. The number of halogens is 2. The largest absolute Gasteiger partial charge is 0.464 e. The van der Waals surface area contributed by atoms with Crippen LogP contribution in [0.1, 0.15) is 71.8 Å². The molecule has 68 heavy (non-hydrogen) atoms. The first-order valence-corrected chi connectivity index (χ1v) is 22.3. The number of aliphatic hydroxyl groups is 2. The molecule has 2 atom stereocenters. The Morgan fingerprint density at radius 1 is 0.603 bits per heavy atom. The first kappa shape index (κ1) is 52.2. The quantitative estimate of drug-likeness (QED) is 0.0249. The van der Waals surface area contributed by atoms with Gasteiger partial charge in [-0.15, -0.1) is 0 Å². The van der Waals surface area contributed by atoms with Crippen LogP contribution in [0.2, 0.25) is 10.0 Å². The van der Waals surface area contributed by atoms with Gasteiger partial charge in [0.2, 0.25) is 11.5 Å². The van der Waals surface area contributed by atoms with E-state index in [9.17, 15) is 39.0 Å². The number of H-pyrrole nitrogens is 2. The van der Waals surface area contributed by atoms with E-state index in [0.29, 0.717) is 10.0 Å². The topological polar surface area (TPSA) is 250 Å². The molecule has 18 nitrogen and oxygen atoms in total. The lowest BCUT2D eigenvalue weighted by Gasteiger charge is -2.24. The minimum absolute atomic E-state index is 0.113. The lowest BCUT2D eigenvalue weighted by atomic mass is 10.0.